The van der Waals surface area contributed by atoms with Crippen molar-refractivity contribution in [2.24, 2.45) is 5.73 Å². The molecule has 0 heterocycles. The number of hydrogen-bond donors (Lipinski definition) is 2. The van der Waals surface area contributed by atoms with Crippen molar-refractivity contribution in [3.8, 4) is 11.8 Å². The molecule has 6 heteroatoms. The van der Waals surface area contributed by atoms with Crippen LogP contribution in [0.2, 0.25) is 0 Å². The smallest absolute Gasteiger partial charge is 0.338 e. The Balaban J connectivity index is 2.16. The molecule has 1 saturated carbocycles. The van der Waals surface area contributed by atoms with E-state index in [2.05, 4.69) is 17.2 Å². The van der Waals surface area contributed by atoms with Crippen molar-refractivity contribution in [3.63, 3.8) is 0 Å². The van der Waals surface area contributed by atoms with Crippen molar-refractivity contribution < 1.29 is 18.0 Å². The molecule has 0 aliphatic heterocycles. The predicted molar refractivity (Wildman–Crippen MR) is 72.6 cm³/mol. The van der Waals surface area contributed by atoms with E-state index in [1.54, 1.807) is 13.0 Å². The van der Waals surface area contributed by atoms with Gasteiger partial charge in [-0.3, -0.25) is 4.79 Å². The maximum absolute atomic E-state index is 12.8. The largest absolute Gasteiger partial charge is 0.411 e. The summed E-state index contributed by atoms with van der Waals surface area (Å²) in [6.45, 7) is 1.96. The number of rotatable bonds is 2. The second-order valence-corrected chi connectivity index (χ2v) is 5.07. The van der Waals surface area contributed by atoms with Crippen LogP contribution in [0.1, 0.15) is 34.3 Å². The Bertz CT molecular complexity index is 622. The van der Waals surface area contributed by atoms with Gasteiger partial charge in [-0.05, 0) is 43.5 Å². The Kier molecular flexibility index (Phi) is 3.97. The van der Waals surface area contributed by atoms with Gasteiger partial charge in [0.05, 0.1) is 6.54 Å². The number of aryl methyl sites for hydroxylation is 1. The molecule has 1 aromatic carbocycles. The van der Waals surface area contributed by atoms with Crippen molar-refractivity contribution in [1.82, 2.24) is 5.32 Å². The van der Waals surface area contributed by atoms with Crippen LogP contribution in [-0.2, 0) is 0 Å². The average Bonchev–Trinajstić information content (AvgIpc) is 3.17. The fourth-order valence-electron chi connectivity index (χ4n) is 1.99. The molecular weight excluding hydrogens is 281 g/mol. The van der Waals surface area contributed by atoms with Crippen molar-refractivity contribution in [2.45, 2.75) is 31.5 Å². The molecule has 1 aliphatic carbocycles. The van der Waals surface area contributed by atoms with Crippen LogP contribution in [0.15, 0.2) is 18.2 Å². The van der Waals surface area contributed by atoms with Crippen LogP contribution in [0.3, 0.4) is 0 Å². The summed E-state index contributed by atoms with van der Waals surface area (Å²) in [7, 11) is 0. The second-order valence-electron chi connectivity index (χ2n) is 5.07. The van der Waals surface area contributed by atoms with Crippen molar-refractivity contribution in [2.75, 3.05) is 6.54 Å². The highest BCUT2D eigenvalue weighted by molar-refractivity contribution is 5.95. The fraction of sp³-hybridized carbons (Fsp3) is 0.400. The minimum Gasteiger partial charge on any atom is -0.338 e. The van der Waals surface area contributed by atoms with Gasteiger partial charge >= 0.3 is 6.18 Å². The first-order valence-corrected chi connectivity index (χ1v) is 6.48. The van der Waals surface area contributed by atoms with Gasteiger partial charge in [0.15, 0.2) is 0 Å². The Hall–Kier alpha value is -2.00. The molecule has 0 saturated heterocycles. The summed E-state index contributed by atoms with van der Waals surface area (Å²) in [6, 6.07) is 4.61. The lowest BCUT2D eigenvalue weighted by Gasteiger charge is -2.20. The molecule has 0 aromatic heterocycles. The van der Waals surface area contributed by atoms with E-state index in [0.717, 1.165) is 5.56 Å². The number of hydrogen-bond acceptors (Lipinski definition) is 2. The SMILES string of the molecule is Cc1cc(C(=O)NC2(C(F)(F)F)CC2)ccc1C#CCN. The minimum atomic E-state index is -4.41. The number of carbonyl (C=O) groups is 1. The normalized spacial score (nSPS) is 15.9. The van der Waals surface area contributed by atoms with Crippen LogP contribution in [0.25, 0.3) is 0 Å². The van der Waals surface area contributed by atoms with E-state index in [0.29, 0.717) is 5.56 Å². The van der Waals surface area contributed by atoms with E-state index in [9.17, 15) is 18.0 Å². The number of benzene rings is 1. The summed E-state index contributed by atoms with van der Waals surface area (Å²) in [5, 5.41) is 2.09. The number of halogens is 3. The van der Waals surface area contributed by atoms with Crippen LogP contribution < -0.4 is 11.1 Å². The van der Waals surface area contributed by atoms with Crippen LogP contribution in [0.4, 0.5) is 13.2 Å². The second kappa shape index (κ2) is 5.41. The van der Waals surface area contributed by atoms with Gasteiger partial charge < -0.3 is 11.1 Å². The minimum absolute atomic E-state index is 0.0682. The summed E-state index contributed by atoms with van der Waals surface area (Å²) in [6.07, 6.45) is -4.55. The van der Waals surface area contributed by atoms with Gasteiger partial charge in [0.1, 0.15) is 5.54 Å². The van der Waals surface area contributed by atoms with E-state index in [-0.39, 0.29) is 24.9 Å². The maximum atomic E-state index is 12.8. The third-order valence-corrected chi connectivity index (χ3v) is 3.46. The van der Waals surface area contributed by atoms with Crippen LogP contribution in [-0.4, -0.2) is 24.2 Å². The van der Waals surface area contributed by atoms with Crippen molar-refractivity contribution >= 4 is 5.91 Å². The topological polar surface area (TPSA) is 55.1 Å². The first-order chi connectivity index (χ1) is 9.79. The molecule has 1 aliphatic rings. The fourth-order valence-corrected chi connectivity index (χ4v) is 1.99. The number of nitrogens with two attached hydrogens (primary N) is 1. The summed E-state index contributed by atoms with van der Waals surface area (Å²) in [5.74, 6) is 4.81. The van der Waals surface area contributed by atoms with Crippen molar-refractivity contribution in [1.29, 1.82) is 0 Å². The third kappa shape index (κ3) is 3.19. The highest BCUT2D eigenvalue weighted by Gasteiger charge is 2.64. The lowest BCUT2D eigenvalue weighted by Crippen LogP contribution is -2.47. The van der Waals surface area contributed by atoms with E-state index in [1.807, 2.05) is 0 Å². The highest BCUT2D eigenvalue weighted by Crippen LogP contribution is 2.49. The van der Waals surface area contributed by atoms with E-state index < -0.39 is 17.6 Å². The van der Waals surface area contributed by atoms with Gasteiger partial charge in [-0.2, -0.15) is 13.2 Å². The molecule has 0 bridgehead atoms. The number of carbonyl (C=O) groups excluding carboxylic acids is 1. The lowest BCUT2D eigenvalue weighted by atomic mass is 10.0. The molecule has 0 unspecified atom stereocenters. The predicted octanol–water partition coefficient (Wildman–Crippen LogP) is 2.13. The van der Waals surface area contributed by atoms with E-state index >= 15 is 0 Å². The molecular formula is C15H15F3N2O. The average molecular weight is 296 g/mol. The molecule has 2 rings (SSSR count). The molecule has 3 N–H and O–H groups in total. The molecule has 1 amide bonds. The molecule has 0 atom stereocenters. The van der Waals surface area contributed by atoms with Gasteiger partial charge in [0, 0.05) is 11.1 Å². The van der Waals surface area contributed by atoms with Gasteiger partial charge in [-0.15, -0.1) is 0 Å². The summed E-state index contributed by atoms with van der Waals surface area (Å²) < 4.78 is 38.4. The highest BCUT2D eigenvalue weighted by atomic mass is 19.4. The van der Waals surface area contributed by atoms with E-state index in [4.69, 9.17) is 5.73 Å². The quantitative estimate of drug-likeness (QED) is 0.822. The number of alkyl halides is 3. The van der Waals surface area contributed by atoms with Crippen LogP contribution >= 0.6 is 0 Å². The van der Waals surface area contributed by atoms with Gasteiger partial charge in [-0.1, -0.05) is 11.8 Å². The summed E-state index contributed by atoms with van der Waals surface area (Å²) in [5.41, 5.74) is 4.85. The van der Waals surface area contributed by atoms with Crippen LogP contribution in [0.5, 0.6) is 0 Å². The summed E-state index contributed by atoms with van der Waals surface area (Å²) >= 11 is 0. The Morgan fingerprint density at radius 2 is 2.10 bits per heavy atom. The Morgan fingerprint density at radius 1 is 1.43 bits per heavy atom. The first-order valence-electron chi connectivity index (χ1n) is 6.48. The molecule has 1 fully saturated rings. The maximum Gasteiger partial charge on any atom is 0.411 e. The van der Waals surface area contributed by atoms with Crippen LogP contribution in [0, 0.1) is 18.8 Å². The van der Waals surface area contributed by atoms with Crippen molar-refractivity contribution in [3.05, 3.63) is 34.9 Å². The van der Waals surface area contributed by atoms with Gasteiger partial charge in [0.25, 0.3) is 5.91 Å². The van der Waals surface area contributed by atoms with Gasteiger partial charge in [0.2, 0.25) is 0 Å². The zero-order valence-electron chi connectivity index (χ0n) is 11.5. The number of amides is 1. The number of nitrogens with one attached hydrogen (secondary N) is 1. The van der Waals surface area contributed by atoms with E-state index in [1.165, 1.54) is 12.1 Å². The zero-order chi connectivity index (χ0) is 15.7. The Morgan fingerprint density at radius 3 is 2.57 bits per heavy atom. The lowest BCUT2D eigenvalue weighted by molar-refractivity contribution is -0.163. The molecule has 0 radical (unpaired) electrons. The Labute approximate surface area is 120 Å². The molecule has 21 heavy (non-hydrogen) atoms. The first kappa shape index (κ1) is 15.4. The zero-order valence-corrected chi connectivity index (χ0v) is 11.5. The monoisotopic (exact) mass is 296 g/mol. The van der Waals surface area contributed by atoms with Gasteiger partial charge in [-0.25, -0.2) is 0 Å². The molecule has 0 spiro atoms. The molecule has 112 valence electrons. The molecule has 3 nitrogen and oxygen atoms in total. The summed E-state index contributed by atoms with van der Waals surface area (Å²) in [4.78, 5) is 12.0. The third-order valence-electron chi connectivity index (χ3n) is 3.46. The molecule has 1 aromatic rings. The standard InChI is InChI=1S/C15H15F3N2O/c1-10-9-12(5-4-11(10)3-2-8-19)13(21)20-14(6-7-14)15(16,17)18/h4-5,9H,6-8,19H2,1H3,(H,20,21).